The van der Waals surface area contributed by atoms with E-state index in [9.17, 15) is 4.39 Å². The molecular weight excluding hydrogens is 323 g/mol. The lowest BCUT2D eigenvalue weighted by atomic mass is 10.2. The molecule has 0 radical (unpaired) electrons. The number of methoxy groups -OCH3 is 1. The van der Waals surface area contributed by atoms with Crippen molar-refractivity contribution in [2.75, 3.05) is 7.11 Å². The minimum absolute atomic E-state index is 0.276. The van der Waals surface area contributed by atoms with Gasteiger partial charge in [-0.2, -0.15) is 5.10 Å². The minimum Gasteiger partial charge on any atom is -0.497 e. The Kier molecular flexibility index (Phi) is 3.44. The maximum Gasteiger partial charge on any atom is 0.138 e. The summed E-state index contributed by atoms with van der Waals surface area (Å²) in [6.07, 6.45) is 1.67. The van der Waals surface area contributed by atoms with E-state index in [1.165, 1.54) is 6.07 Å². The number of benzene rings is 2. The lowest BCUT2D eigenvalue weighted by Crippen LogP contribution is -2.01. The van der Waals surface area contributed by atoms with Gasteiger partial charge in [-0.1, -0.05) is 12.1 Å². The molecule has 0 unspecified atom stereocenters. The molecule has 3 rings (SSSR count). The number of hydrogen-bond donors (Lipinski definition) is 0. The lowest BCUT2D eigenvalue weighted by Gasteiger charge is -2.06. The van der Waals surface area contributed by atoms with Gasteiger partial charge in [0.2, 0.25) is 0 Å². The topological polar surface area (TPSA) is 27.1 Å². The summed E-state index contributed by atoms with van der Waals surface area (Å²) < 4.78 is 20.9. The van der Waals surface area contributed by atoms with Crippen molar-refractivity contribution in [1.82, 2.24) is 9.78 Å². The zero-order chi connectivity index (χ0) is 14.1. The molecule has 0 N–H and O–H groups in total. The summed E-state index contributed by atoms with van der Waals surface area (Å²) in [7, 11) is 1.64. The van der Waals surface area contributed by atoms with E-state index in [2.05, 4.69) is 21.0 Å². The number of hydrogen-bond acceptors (Lipinski definition) is 2. The highest BCUT2D eigenvalue weighted by molar-refractivity contribution is 9.10. The second-order valence-electron chi connectivity index (χ2n) is 4.48. The first-order valence-corrected chi connectivity index (χ1v) is 6.90. The summed E-state index contributed by atoms with van der Waals surface area (Å²) >= 11 is 3.21. The number of ether oxygens (including phenoxy) is 1. The van der Waals surface area contributed by atoms with Gasteiger partial charge in [-0.25, -0.2) is 4.39 Å². The molecule has 0 amide bonds. The Hall–Kier alpha value is -1.88. The molecule has 2 aromatic carbocycles. The monoisotopic (exact) mass is 334 g/mol. The average molecular weight is 335 g/mol. The van der Waals surface area contributed by atoms with Gasteiger partial charge >= 0.3 is 0 Å². The Morgan fingerprint density at radius 3 is 2.70 bits per heavy atom. The summed E-state index contributed by atoms with van der Waals surface area (Å²) in [5.74, 6) is 0.547. The van der Waals surface area contributed by atoms with E-state index in [1.807, 2.05) is 28.9 Å². The highest BCUT2D eigenvalue weighted by Crippen LogP contribution is 2.24. The van der Waals surface area contributed by atoms with Crippen molar-refractivity contribution < 1.29 is 9.13 Å². The van der Waals surface area contributed by atoms with Gasteiger partial charge in [0, 0.05) is 5.39 Å². The third kappa shape index (κ3) is 2.41. The second kappa shape index (κ2) is 5.25. The Morgan fingerprint density at radius 2 is 2.00 bits per heavy atom. The molecule has 0 aliphatic carbocycles. The molecule has 1 aromatic heterocycles. The molecule has 0 atom stereocenters. The fourth-order valence-corrected chi connectivity index (χ4v) is 2.43. The van der Waals surface area contributed by atoms with E-state index in [4.69, 9.17) is 4.74 Å². The molecule has 0 aliphatic rings. The van der Waals surface area contributed by atoms with E-state index >= 15 is 0 Å². The Labute approximate surface area is 124 Å². The van der Waals surface area contributed by atoms with E-state index in [0.29, 0.717) is 11.0 Å². The van der Waals surface area contributed by atoms with Crippen LogP contribution in [0.3, 0.4) is 0 Å². The smallest absolute Gasteiger partial charge is 0.138 e. The van der Waals surface area contributed by atoms with E-state index in [1.54, 1.807) is 19.4 Å². The summed E-state index contributed by atoms with van der Waals surface area (Å²) in [5.41, 5.74) is 2.00. The summed E-state index contributed by atoms with van der Waals surface area (Å²) in [5, 5.41) is 5.10. The van der Waals surface area contributed by atoms with Gasteiger partial charge in [0.1, 0.15) is 11.6 Å². The number of aromatic nitrogens is 2. The van der Waals surface area contributed by atoms with Gasteiger partial charge in [0.25, 0.3) is 0 Å². The van der Waals surface area contributed by atoms with Crippen LogP contribution in [0.5, 0.6) is 5.75 Å². The van der Waals surface area contributed by atoms with Gasteiger partial charge in [-0.15, -0.1) is 0 Å². The van der Waals surface area contributed by atoms with E-state index < -0.39 is 0 Å². The summed E-state index contributed by atoms with van der Waals surface area (Å²) in [6.45, 7) is 0.631. The normalized spacial score (nSPS) is 10.9. The molecule has 102 valence electrons. The molecule has 0 aliphatic heterocycles. The summed E-state index contributed by atoms with van der Waals surface area (Å²) in [4.78, 5) is 0. The highest BCUT2D eigenvalue weighted by Gasteiger charge is 2.08. The molecule has 5 heteroatoms. The van der Waals surface area contributed by atoms with Gasteiger partial charge in [-0.05, 0) is 45.8 Å². The van der Waals surface area contributed by atoms with Crippen LogP contribution in [-0.4, -0.2) is 16.9 Å². The van der Waals surface area contributed by atoms with E-state index in [0.717, 1.165) is 22.2 Å². The van der Waals surface area contributed by atoms with Crippen LogP contribution < -0.4 is 4.74 Å². The number of rotatable bonds is 3. The van der Waals surface area contributed by atoms with Gasteiger partial charge in [0.15, 0.2) is 0 Å². The Balaban J connectivity index is 1.95. The molecule has 20 heavy (non-hydrogen) atoms. The lowest BCUT2D eigenvalue weighted by molar-refractivity contribution is 0.414. The molecule has 0 saturated heterocycles. The molecule has 0 saturated carbocycles. The molecule has 3 aromatic rings. The Morgan fingerprint density at radius 1 is 1.25 bits per heavy atom. The highest BCUT2D eigenvalue weighted by atomic mass is 79.9. The number of nitrogens with zero attached hydrogens (tertiary/aromatic N) is 2. The third-order valence-electron chi connectivity index (χ3n) is 3.18. The maximum atomic E-state index is 13.5. The van der Waals surface area contributed by atoms with Gasteiger partial charge in [-0.3, -0.25) is 4.68 Å². The first-order valence-electron chi connectivity index (χ1n) is 6.11. The van der Waals surface area contributed by atoms with E-state index in [-0.39, 0.29) is 5.82 Å². The molecular formula is C15H12BrFN2O. The molecule has 0 fully saturated rings. The van der Waals surface area contributed by atoms with Crippen molar-refractivity contribution in [2.45, 2.75) is 6.54 Å². The number of fused-ring (bicyclic) bond motifs is 1. The Bertz CT molecular complexity index is 752. The second-order valence-corrected chi connectivity index (χ2v) is 5.33. The zero-order valence-electron chi connectivity index (χ0n) is 10.8. The number of halogens is 2. The zero-order valence-corrected chi connectivity index (χ0v) is 12.4. The quantitative estimate of drug-likeness (QED) is 0.724. The van der Waals surface area contributed by atoms with Crippen molar-refractivity contribution in [1.29, 1.82) is 0 Å². The summed E-state index contributed by atoms with van der Waals surface area (Å²) in [6, 6.07) is 11.0. The van der Waals surface area contributed by atoms with Gasteiger partial charge < -0.3 is 4.74 Å². The minimum atomic E-state index is -0.276. The SMILES string of the molecule is COc1ccc(Cn2ncc3cc(F)c(Br)cc32)cc1. The van der Waals surface area contributed by atoms with Crippen molar-refractivity contribution in [3.05, 3.63) is 58.4 Å². The molecule has 1 heterocycles. The molecule has 3 nitrogen and oxygen atoms in total. The molecule has 0 spiro atoms. The standard InChI is InChI=1S/C15H12BrFN2O/c1-20-12-4-2-10(3-5-12)9-19-15-7-13(16)14(17)6-11(15)8-18-19/h2-8H,9H2,1H3. The van der Waals surface area contributed by atoms with Crippen LogP contribution in [0.2, 0.25) is 0 Å². The first kappa shape index (κ1) is 13.1. The van der Waals surface area contributed by atoms with Crippen LogP contribution in [0.1, 0.15) is 5.56 Å². The van der Waals surface area contributed by atoms with Gasteiger partial charge in [0.05, 0.1) is 29.8 Å². The van der Waals surface area contributed by atoms with Crippen LogP contribution in [0.4, 0.5) is 4.39 Å². The van der Waals surface area contributed by atoms with Crippen LogP contribution >= 0.6 is 15.9 Å². The molecule has 0 bridgehead atoms. The van der Waals surface area contributed by atoms with Crippen molar-refractivity contribution in [3.63, 3.8) is 0 Å². The van der Waals surface area contributed by atoms with Crippen LogP contribution in [0, 0.1) is 5.82 Å². The fraction of sp³-hybridized carbons (Fsp3) is 0.133. The van der Waals surface area contributed by atoms with Crippen LogP contribution in [0.25, 0.3) is 10.9 Å². The predicted octanol–water partition coefficient (Wildman–Crippen LogP) is 3.99. The average Bonchev–Trinajstić information content (AvgIpc) is 2.83. The predicted molar refractivity (Wildman–Crippen MR) is 79.5 cm³/mol. The van der Waals surface area contributed by atoms with Crippen LogP contribution in [-0.2, 0) is 6.54 Å². The maximum absolute atomic E-state index is 13.5. The third-order valence-corrected chi connectivity index (χ3v) is 3.78. The largest absolute Gasteiger partial charge is 0.497 e. The van der Waals surface area contributed by atoms with Crippen LogP contribution in [0.15, 0.2) is 47.1 Å². The first-order chi connectivity index (χ1) is 9.67. The van der Waals surface area contributed by atoms with Crippen molar-refractivity contribution in [3.8, 4) is 5.75 Å². The van der Waals surface area contributed by atoms with Crippen molar-refractivity contribution in [2.24, 2.45) is 0 Å². The fourth-order valence-electron chi connectivity index (χ4n) is 2.10. The van der Waals surface area contributed by atoms with Crippen molar-refractivity contribution >= 4 is 26.8 Å².